The molecule has 0 aliphatic carbocycles. The number of amidine groups is 1. The molecule has 0 aliphatic rings. The van der Waals surface area contributed by atoms with E-state index in [4.69, 9.17) is 20.7 Å². The number of carboxylic acids is 1. The number of carbonyl (C=O) groups is 3. The predicted octanol–water partition coefficient (Wildman–Crippen LogP) is 1.88. The molecule has 0 atom stereocenters. The Morgan fingerprint density at radius 2 is 1.74 bits per heavy atom. The largest absolute Gasteiger partial charge is 0.475 e. The number of aromatic carboxylic acids is 1. The third-order valence-corrected chi connectivity index (χ3v) is 5.79. The molecule has 0 spiro atoms. The van der Waals surface area contributed by atoms with Crippen LogP contribution in [0.15, 0.2) is 52.9 Å². The predicted molar refractivity (Wildman–Crippen MR) is 120 cm³/mol. The van der Waals surface area contributed by atoms with Gasteiger partial charge in [0.2, 0.25) is 11.7 Å². The van der Waals surface area contributed by atoms with Crippen LogP contribution in [0.5, 0.6) is 0 Å². The summed E-state index contributed by atoms with van der Waals surface area (Å²) in [4.78, 5) is 34.5. The van der Waals surface area contributed by atoms with E-state index in [0.29, 0.717) is 11.1 Å². The molecule has 1 aromatic heterocycles. The smallest absolute Gasteiger partial charge is 0.371 e. The summed E-state index contributed by atoms with van der Waals surface area (Å²) in [6, 6.07) is 12.6. The second-order valence-electron chi connectivity index (χ2n) is 7.32. The Labute approximate surface area is 194 Å². The summed E-state index contributed by atoms with van der Waals surface area (Å²) in [5.41, 5.74) is 6.41. The summed E-state index contributed by atoms with van der Waals surface area (Å²) in [7, 11) is -4.24. The van der Waals surface area contributed by atoms with Crippen molar-refractivity contribution in [2.45, 2.75) is 25.1 Å². The number of carbonyl (C=O) groups excluding carboxylic acids is 2. The molecule has 11 nitrogen and oxygen atoms in total. The second-order valence-corrected chi connectivity index (χ2v) is 8.89. The molecule has 5 N–H and O–H groups in total. The molecule has 3 aromatic rings. The average Bonchev–Trinajstić information content (AvgIpc) is 3.24. The van der Waals surface area contributed by atoms with Crippen molar-refractivity contribution in [2.24, 2.45) is 5.73 Å². The van der Waals surface area contributed by atoms with Crippen LogP contribution in [0, 0.1) is 5.41 Å². The summed E-state index contributed by atoms with van der Waals surface area (Å²) in [6.07, 6.45) is -0.787. The first-order valence-corrected chi connectivity index (χ1v) is 11.5. The number of benzene rings is 2. The highest BCUT2D eigenvalue weighted by Gasteiger charge is 2.19. The van der Waals surface area contributed by atoms with E-state index in [2.05, 4.69) is 9.50 Å². The molecule has 2 aromatic carbocycles. The lowest BCUT2D eigenvalue weighted by atomic mass is 10.0. The molecule has 34 heavy (non-hydrogen) atoms. The number of furan rings is 1. The number of hydrogen-bond donors (Lipinski definition) is 4. The Kier molecular flexibility index (Phi) is 7.31. The number of rotatable bonds is 10. The zero-order valence-electron chi connectivity index (χ0n) is 17.7. The third kappa shape index (κ3) is 6.65. The van der Waals surface area contributed by atoms with Gasteiger partial charge in [0.25, 0.3) is 0 Å². The first-order valence-electron chi connectivity index (χ1n) is 9.93. The van der Waals surface area contributed by atoms with Crippen molar-refractivity contribution in [2.75, 3.05) is 0 Å². The van der Waals surface area contributed by atoms with Gasteiger partial charge < -0.3 is 24.8 Å². The number of nitrogens with one attached hydrogen (secondary N) is 2. The zero-order chi connectivity index (χ0) is 24.9. The van der Waals surface area contributed by atoms with Crippen molar-refractivity contribution < 1.29 is 36.5 Å². The maximum Gasteiger partial charge on any atom is 0.371 e. The molecule has 1 heterocycles. The van der Waals surface area contributed by atoms with Gasteiger partial charge in [-0.2, -0.15) is 8.42 Å². The molecular formula is C22H21N3O8S. The van der Waals surface area contributed by atoms with Gasteiger partial charge in [-0.25, -0.2) is 4.79 Å². The molecule has 0 saturated heterocycles. The van der Waals surface area contributed by atoms with Crippen LogP contribution >= 0.6 is 0 Å². The van der Waals surface area contributed by atoms with Gasteiger partial charge in [-0.3, -0.25) is 15.0 Å². The summed E-state index contributed by atoms with van der Waals surface area (Å²) < 4.78 is 34.1. The monoisotopic (exact) mass is 487 g/mol. The van der Waals surface area contributed by atoms with E-state index in [9.17, 15) is 22.8 Å². The molecule has 0 aliphatic heterocycles. The first kappa shape index (κ1) is 24.5. The Hall–Kier alpha value is -4.19. The number of fused-ring (bicyclic) bond motifs is 1. The lowest BCUT2D eigenvalue weighted by molar-refractivity contribution is -0.136. The molecule has 0 fully saturated rings. The highest BCUT2D eigenvalue weighted by molar-refractivity contribution is 7.86. The second kappa shape index (κ2) is 10.2. The van der Waals surface area contributed by atoms with Crippen molar-refractivity contribution in [3.8, 4) is 0 Å². The van der Waals surface area contributed by atoms with Gasteiger partial charge >= 0.3 is 22.1 Å². The molecule has 12 heteroatoms. The normalized spacial score (nSPS) is 11.2. The van der Waals surface area contributed by atoms with Gasteiger partial charge in [-0.05, 0) is 34.5 Å². The summed E-state index contributed by atoms with van der Waals surface area (Å²) in [5, 5.41) is 20.2. The lowest BCUT2D eigenvalue weighted by Gasteiger charge is -2.08. The van der Waals surface area contributed by atoms with Crippen molar-refractivity contribution in [1.29, 1.82) is 5.41 Å². The Morgan fingerprint density at radius 3 is 2.41 bits per heavy atom. The van der Waals surface area contributed by atoms with Gasteiger partial charge in [-0.1, -0.05) is 30.3 Å². The minimum Gasteiger partial charge on any atom is -0.475 e. The molecule has 3 rings (SSSR count). The highest BCUT2D eigenvalue weighted by atomic mass is 32.2. The van der Waals surface area contributed by atoms with E-state index < -0.39 is 40.1 Å². The van der Waals surface area contributed by atoms with Crippen LogP contribution in [0.25, 0.3) is 10.8 Å². The van der Waals surface area contributed by atoms with Crippen molar-refractivity contribution >= 4 is 44.6 Å². The van der Waals surface area contributed by atoms with Gasteiger partial charge in [0, 0.05) is 12.0 Å². The lowest BCUT2D eigenvalue weighted by Crippen LogP contribution is -2.24. The molecule has 178 valence electrons. The fraction of sp³-hybridized carbons (Fsp3) is 0.182. The quantitative estimate of drug-likeness (QED) is 0.188. The first-order chi connectivity index (χ1) is 16.0. The summed E-state index contributed by atoms with van der Waals surface area (Å²) in [6.45, 7) is -0.0880. The molecular weight excluding hydrogens is 466 g/mol. The van der Waals surface area contributed by atoms with Crippen LogP contribution in [0.2, 0.25) is 0 Å². The van der Waals surface area contributed by atoms with Crippen molar-refractivity contribution in [1.82, 2.24) is 5.32 Å². The van der Waals surface area contributed by atoms with E-state index in [1.807, 2.05) is 0 Å². The van der Waals surface area contributed by atoms with Crippen LogP contribution < -0.4 is 11.1 Å². The third-order valence-electron chi connectivity index (χ3n) is 4.67. The molecule has 1 amide bonds. The van der Waals surface area contributed by atoms with Crippen LogP contribution in [0.3, 0.4) is 0 Å². The van der Waals surface area contributed by atoms with Crippen LogP contribution in [-0.4, -0.2) is 37.2 Å². The topological polar surface area (TPSA) is 190 Å². The average molecular weight is 487 g/mol. The van der Waals surface area contributed by atoms with Gasteiger partial charge in [-0.15, -0.1) is 0 Å². The summed E-state index contributed by atoms with van der Waals surface area (Å²) >= 11 is 0. The number of carboxylic acid groups (broad SMARTS) is 1. The van der Waals surface area contributed by atoms with E-state index in [1.165, 1.54) is 12.1 Å². The van der Waals surface area contributed by atoms with Gasteiger partial charge in [0.05, 0.1) is 13.0 Å². The van der Waals surface area contributed by atoms with Crippen molar-refractivity contribution in [3.05, 3.63) is 71.2 Å². The Morgan fingerprint density at radius 1 is 1.03 bits per heavy atom. The Balaban J connectivity index is 1.49. The minimum atomic E-state index is -4.24. The Bertz CT molecular complexity index is 1380. The van der Waals surface area contributed by atoms with Crippen LogP contribution in [-0.2, 0) is 36.2 Å². The van der Waals surface area contributed by atoms with E-state index in [-0.39, 0.29) is 30.3 Å². The SMILES string of the molecule is N=C(N)c1ccc2cc(CS(=O)(=O)OC(=O)CCC(=O)NCc3ccc(C(=O)O)o3)ccc2c1. The zero-order valence-corrected chi connectivity index (χ0v) is 18.6. The van der Waals surface area contributed by atoms with Gasteiger partial charge in [0.1, 0.15) is 17.3 Å². The molecule has 0 unspecified atom stereocenters. The van der Waals surface area contributed by atoms with E-state index >= 15 is 0 Å². The van der Waals surface area contributed by atoms with Gasteiger partial charge in [0.15, 0.2) is 0 Å². The van der Waals surface area contributed by atoms with Crippen LogP contribution in [0.1, 0.15) is 40.3 Å². The van der Waals surface area contributed by atoms with Crippen LogP contribution in [0.4, 0.5) is 0 Å². The molecule has 0 saturated carbocycles. The maximum absolute atomic E-state index is 12.3. The van der Waals surface area contributed by atoms with Crippen molar-refractivity contribution in [3.63, 3.8) is 0 Å². The number of hydrogen-bond acceptors (Lipinski definition) is 8. The number of nitrogens with two attached hydrogens (primary N) is 1. The molecule has 0 bridgehead atoms. The highest BCUT2D eigenvalue weighted by Crippen LogP contribution is 2.20. The van der Waals surface area contributed by atoms with E-state index in [0.717, 1.165) is 10.8 Å². The number of nitrogen functional groups attached to an aromatic ring is 1. The minimum absolute atomic E-state index is 0.0811. The maximum atomic E-state index is 12.3. The van der Waals surface area contributed by atoms with E-state index in [1.54, 1.807) is 36.4 Å². The molecule has 0 radical (unpaired) electrons. The number of amides is 1. The fourth-order valence-corrected chi connectivity index (χ4v) is 4.06. The fourth-order valence-electron chi connectivity index (χ4n) is 3.05. The standard InChI is InChI=1S/C22H21N3O8S/c23-21(24)16-4-3-14-9-13(1-2-15(14)10-16)12-34(30,31)33-20(27)8-7-19(26)25-11-17-5-6-18(32-17)22(28)29/h1-6,9-10H,7-8,11-12H2,(H3,23,24)(H,25,26)(H,28,29). The summed E-state index contributed by atoms with van der Waals surface area (Å²) in [5.74, 6) is -3.57.